The Bertz CT molecular complexity index is 642. The molecule has 0 aromatic heterocycles. The van der Waals surface area contributed by atoms with Gasteiger partial charge in [0.25, 0.3) is 0 Å². The van der Waals surface area contributed by atoms with Crippen molar-refractivity contribution < 1.29 is 10.2 Å². The van der Waals surface area contributed by atoms with Crippen LogP contribution in [0.15, 0.2) is 42.5 Å². The van der Waals surface area contributed by atoms with Crippen LogP contribution in [0.5, 0.6) is 0 Å². The molecule has 2 aromatic rings. The summed E-state index contributed by atoms with van der Waals surface area (Å²) in [6.45, 7) is 4.55. The van der Waals surface area contributed by atoms with Gasteiger partial charge in [0.05, 0.1) is 0 Å². The standard InChI is InChI=1S/C24H34O2/c1-3-5-6-7-19-10-13-23(14-11-19)24-15-12-20(16-22(24)4-2)8-9-21(17-25)18-26/h10-16,21,25-26H,3-9,17-18H2,1-2H3. The molecule has 142 valence electrons. The summed E-state index contributed by atoms with van der Waals surface area (Å²) in [6, 6.07) is 15.8. The van der Waals surface area contributed by atoms with Crippen LogP contribution in [0.3, 0.4) is 0 Å². The molecule has 2 rings (SSSR count). The second-order valence-corrected chi connectivity index (χ2v) is 7.27. The normalized spacial score (nSPS) is 11.3. The van der Waals surface area contributed by atoms with E-state index in [1.165, 1.54) is 53.5 Å². The molecule has 0 amide bonds. The molecule has 2 aromatic carbocycles. The summed E-state index contributed by atoms with van der Waals surface area (Å²) in [5.41, 5.74) is 6.68. The molecule has 0 aliphatic carbocycles. The van der Waals surface area contributed by atoms with Gasteiger partial charge < -0.3 is 10.2 Å². The SMILES string of the molecule is CCCCCc1ccc(-c2ccc(CCC(CO)CO)cc2CC)cc1. The first kappa shape index (κ1) is 20.7. The Balaban J connectivity index is 2.09. The van der Waals surface area contributed by atoms with Gasteiger partial charge in [0.15, 0.2) is 0 Å². The Labute approximate surface area is 158 Å². The van der Waals surface area contributed by atoms with Crippen molar-refractivity contribution in [2.45, 2.75) is 58.8 Å². The Morgan fingerprint density at radius 1 is 0.808 bits per heavy atom. The summed E-state index contributed by atoms with van der Waals surface area (Å²) < 4.78 is 0. The molecule has 0 fully saturated rings. The number of rotatable bonds is 11. The van der Waals surface area contributed by atoms with Crippen molar-refractivity contribution in [2.24, 2.45) is 5.92 Å². The van der Waals surface area contributed by atoms with Crippen LogP contribution < -0.4 is 0 Å². The second-order valence-electron chi connectivity index (χ2n) is 7.27. The zero-order valence-electron chi connectivity index (χ0n) is 16.4. The van der Waals surface area contributed by atoms with Crippen LogP contribution in [0.1, 0.15) is 56.2 Å². The van der Waals surface area contributed by atoms with Gasteiger partial charge in [-0.15, -0.1) is 0 Å². The largest absolute Gasteiger partial charge is 0.396 e. The molecule has 0 aliphatic rings. The van der Waals surface area contributed by atoms with Crippen molar-refractivity contribution in [3.05, 3.63) is 59.2 Å². The summed E-state index contributed by atoms with van der Waals surface area (Å²) in [5.74, 6) is -0.0139. The Kier molecular flexibility index (Phi) is 8.87. The number of aliphatic hydroxyl groups is 2. The quantitative estimate of drug-likeness (QED) is 0.546. The van der Waals surface area contributed by atoms with Crippen LogP contribution in [0, 0.1) is 5.92 Å². The fourth-order valence-electron chi connectivity index (χ4n) is 3.42. The molecule has 26 heavy (non-hydrogen) atoms. The number of benzene rings is 2. The van der Waals surface area contributed by atoms with E-state index in [0.717, 1.165) is 19.3 Å². The molecule has 0 atom stereocenters. The lowest BCUT2D eigenvalue weighted by Crippen LogP contribution is -2.11. The average Bonchev–Trinajstić information content (AvgIpc) is 2.69. The molecule has 2 N–H and O–H groups in total. The first-order chi connectivity index (χ1) is 12.7. The summed E-state index contributed by atoms with van der Waals surface area (Å²) in [7, 11) is 0. The third kappa shape index (κ3) is 5.96. The molecule has 0 bridgehead atoms. The van der Waals surface area contributed by atoms with Crippen LogP contribution in [0.25, 0.3) is 11.1 Å². The van der Waals surface area contributed by atoms with Crippen molar-refractivity contribution in [3.8, 4) is 11.1 Å². The molecule has 0 saturated heterocycles. The van der Waals surface area contributed by atoms with Gasteiger partial charge in [-0.05, 0) is 59.9 Å². The van der Waals surface area contributed by atoms with Gasteiger partial charge >= 0.3 is 0 Å². The summed E-state index contributed by atoms with van der Waals surface area (Å²) in [4.78, 5) is 0. The van der Waals surface area contributed by atoms with Gasteiger partial charge in [-0.3, -0.25) is 0 Å². The van der Waals surface area contributed by atoms with Gasteiger partial charge in [0.2, 0.25) is 0 Å². The van der Waals surface area contributed by atoms with E-state index < -0.39 is 0 Å². The fourth-order valence-corrected chi connectivity index (χ4v) is 3.42. The van der Waals surface area contributed by atoms with Crippen molar-refractivity contribution >= 4 is 0 Å². The minimum Gasteiger partial charge on any atom is -0.396 e. The van der Waals surface area contributed by atoms with Crippen molar-refractivity contribution in [2.75, 3.05) is 13.2 Å². The molecule has 2 heteroatoms. The zero-order chi connectivity index (χ0) is 18.8. The predicted molar refractivity (Wildman–Crippen MR) is 110 cm³/mol. The topological polar surface area (TPSA) is 40.5 Å². The molecule has 0 heterocycles. The third-order valence-electron chi connectivity index (χ3n) is 5.24. The molecular formula is C24H34O2. The molecule has 0 saturated carbocycles. The molecule has 0 unspecified atom stereocenters. The lowest BCUT2D eigenvalue weighted by Gasteiger charge is -2.14. The van der Waals surface area contributed by atoms with Crippen molar-refractivity contribution in [1.29, 1.82) is 0 Å². The van der Waals surface area contributed by atoms with Crippen LogP contribution in [-0.4, -0.2) is 23.4 Å². The average molecular weight is 355 g/mol. The monoisotopic (exact) mass is 354 g/mol. The molecule has 2 nitrogen and oxygen atoms in total. The smallest absolute Gasteiger partial charge is 0.0481 e. The van der Waals surface area contributed by atoms with E-state index in [4.69, 9.17) is 0 Å². The number of hydrogen-bond acceptors (Lipinski definition) is 2. The third-order valence-corrected chi connectivity index (χ3v) is 5.24. The first-order valence-electron chi connectivity index (χ1n) is 10.1. The molecular weight excluding hydrogens is 320 g/mol. The fraction of sp³-hybridized carbons (Fsp3) is 0.500. The lowest BCUT2D eigenvalue weighted by molar-refractivity contribution is 0.144. The summed E-state index contributed by atoms with van der Waals surface area (Å²) in [5, 5.41) is 18.5. The molecule has 0 spiro atoms. The first-order valence-corrected chi connectivity index (χ1v) is 10.1. The van der Waals surface area contributed by atoms with E-state index in [1.54, 1.807) is 0 Å². The predicted octanol–water partition coefficient (Wildman–Crippen LogP) is 5.18. The summed E-state index contributed by atoms with van der Waals surface area (Å²) in [6.07, 6.45) is 7.73. The van der Waals surface area contributed by atoms with E-state index in [0.29, 0.717) is 0 Å². The van der Waals surface area contributed by atoms with Gasteiger partial charge in [-0.1, -0.05) is 69.2 Å². The van der Waals surface area contributed by atoms with Crippen molar-refractivity contribution in [3.63, 3.8) is 0 Å². The van der Waals surface area contributed by atoms with Gasteiger partial charge in [0.1, 0.15) is 0 Å². The van der Waals surface area contributed by atoms with E-state index in [1.807, 2.05) is 0 Å². The maximum absolute atomic E-state index is 9.23. The van der Waals surface area contributed by atoms with Gasteiger partial charge in [0, 0.05) is 19.1 Å². The second kappa shape index (κ2) is 11.2. The minimum atomic E-state index is -0.0139. The Morgan fingerprint density at radius 2 is 1.50 bits per heavy atom. The highest BCUT2D eigenvalue weighted by Crippen LogP contribution is 2.27. The number of unbranched alkanes of at least 4 members (excludes halogenated alkanes) is 2. The van der Waals surface area contributed by atoms with E-state index in [2.05, 4.69) is 56.3 Å². The van der Waals surface area contributed by atoms with E-state index in [-0.39, 0.29) is 19.1 Å². The van der Waals surface area contributed by atoms with Crippen LogP contribution in [-0.2, 0) is 19.3 Å². The van der Waals surface area contributed by atoms with Crippen LogP contribution in [0.4, 0.5) is 0 Å². The molecule has 0 aliphatic heterocycles. The number of aryl methyl sites for hydroxylation is 3. The Hall–Kier alpha value is -1.64. The highest BCUT2D eigenvalue weighted by atomic mass is 16.3. The maximum atomic E-state index is 9.23. The van der Waals surface area contributed by atoms with Crippen LogP contribution in [0.2, 0.25) is 0 Å². The summed E-state index contributed by atoms with van der Waals surface area (Å²) >= 11 is 0. The van der Waals surface area contributed by atoms with Gasteiger partial charge in [-0.2, -0.15) is 0 Å². The van der Waals surface area contributed by atoms with E-state index in [9.17, 15) is 10.2 Å². The van der Waals surface area contributed by atoms with Gasteiger partial charge in [-0.25, -0.2) is 0 Å². The van der Waals surface area contributed by atoms with Crippen molar-refractivity contribution in [1.82, 2.24) is 0 Å². The number of aliphatic hydroxyl groups excluding tert-OH is 2. The maximum Gasteiger partial charge on any atom is 0.0481 e. The van der Waals surface area contributed by atoms with E-state index >= 15 is 0 Å². The zero-order valence-corrected chi connectivity index (χ0v) is 16.4. The highest BCUT2D eigenvalue weighted by molar-refractivity contribution is 5.68. The van der Waals surface area contributed by atoms with Crippen LogP contribution >= 0.6 is 0 Å². The lowest BCUT2D eigenvalue weighted by atomic mass is 9.92. The minimum absolute atomic E-state index is 0.0139. The Morgan fingerprint density at radius 3 is 2.12 bits per heavy atom. The number of hydrogen-bond donors (Lipinski definition) is 2. The highest BCUT2D eigenvalue weighted by Gasteiger charge is 2.09. The molecule has 0 radical (unpaired) electrons.